The summed E-state index contributed by atoms with van der Waals surface area (Å²) >= 11 is 0. The number of hydrogen-bond donors (Lipinski definition) is 1. The highest BCUT2D eigenvalue weighted by Crippen LogP contribution is 2.36. The summed E-state index contributed by atoms with van der Waals surface area (Å²) in [5.41, 5.74) is 9.95. The quantitative estimate of drug-likeness (QED) is 0.484. The van der Waals surface area contributed by atoms with Crippen LogP contribution in [0.2, 0.25) is 0 Å². The molecule has 1 aliphatic heterocycles. The smallest absolute Gasteiger partial charge is 0.227 e. The van der Waals surface area contributed by atoms with Gasteiger partial charge in [0.2, 0.25) is 5.91 Å². The zero-order valence-electron chi connectivity index (χ0n) is 16.3. The monoisotopic (exact) mass is 354 g/mol. The number of nitrogens with zero attached hydrogens (tertiary/aromatic N) is 3. The van der Waals surface area contributed by atoms with E-state index in [1.165, 1.54) is 5.56 Å². The van der Waals surface area contributed by atoms with E-state index in [0.717, 1.165) is 36.3 Å². The Morgan fingerprint density at radius 3 is 2.81 bits per heavy atom. The van der Waals surface area contributed by atoms with Crippen LogP contribution in [0.25, 0.3) is 0 Å². The van der Waals surface area contributed by atoms with Crippen molar-refractivity contribution in [1.82, 2.24) is 4.90 Å². The SMILES string of the molecule is C/C=C\C=C(/C)C(N)=Nc1cccc2c1N(CCN(C)C)C(=O)CCC2. The molecule has 5 nitrogen and oxygen atoms in total. The standard InChI is InChI=1S/C21H30N4O/c1-5-6-9-16(2)21(22)23-18-12-7-10-17-11-8-13-19(26)25(20(17)18)15-14-24(3)4/h5-7,9-10,12H,8,11,13-15H2,1-4H3,(H2,22,23)/b6-5-,16-9+. The van der Waals surface area contributed by atoms with Gasteiger partial charge < -0.3 is 15.5 Å². The number of allylic oxidation sites excluding steroid dienone is 3. The number of rotatable bonds is 6. The van der Waals surface area contributed by atoms with E-state index in [4.69, 9.17) is 5.73 Å². The van der Waals surface area contributed by atoms with Gasteiger partial charge in [0.05, 0.1) is 11.4 Å². The molecule has 26 heavy (non-hydrogen) atoms. The van der Waals surface area contributed by atoms with Gasteiger partial charge >= 0.3 is 0 Å². The maximum atomic E-state index is 12.7. The topological polar surface area (TPSA) is 61.9 Å². The van der Waals surface area contributed by atoms with Crippen LogP contribution in [0.1, 0.15) is 32.3 Å². The summed E-state index contributed by atoms with van der Waals surface area (Å²) < 4.78 is 0. The molecule has 1 heterocycles. The van der Waals surface area contributed by atoms with Crippen LogP contribution in [-0.2, 0) is 11.2 Å². The lowest BCUT2D eigenvalue weighted by Crippen LogP contribution is -2.36. The molecule has 1 amide bonds. The first-order valence-corrected chi connectivity index (χ1v) is 9.15. The number of carbonyl (C=O) groups excluding carboxylic acids is 1. The number of hydrogen-bond acceptors (Lipinski definition) is 3. The number of aryl methyl sites for hydroxylation is 1. The molecule has 0 aliphatic carbocycles. The van der Waals surface area contributed by atoms with Crippen LogP contribution in [0.15, 0.2) is 47.0 Å². The fourth-order valence-electron chi connectivity index (χ4n) is 2.95. The van der Waals surface area contributed by atoms with E-state index in [1.54, 1.807) is 0 Å². The van der Waals surface area contributed by atoms with Gasteiger partial charge in [-0.25, -0.2) is 4.99 Å². The van der Waals surface area contributed by atoms with E-state index in [1.807, 2.05) is 63.2 Å². The molecule has 1 aromatic rings. The number of aliphatic imine (C=N–C) groups is 1. The number of fused-ring (bicyclic) bond motifs is 1. The second kappa shape index (κ2) is 9.34. The molecule has 0 unspecified atom stereocenters. The summed E-state index contributed by atoms with van der Waals surface area (Å²) in [6, 6.07) is 6.03. The molecule has 5 heteroatoms. The Balaban J connectivity index is 2.48. The Morgan fingerprint density at radius 2 is 2.12 bits per heavy atom. The third-order valence-electron chi connectivity index (χ3n) is 4.46. The molecule has 0 aromatic heterocycles. The predicted octanol–water partition coefficient (Wildman–Crippen LogP) is 3.43. The minimum absolute atomic E-state index is 0.160. The first-order chi connectivity index (χ1) is 12.4. The molecule has 1 aliphatic rings. The largest absolute Gasteiger partial charge is 0.383 e. The van der Waals surface area contributed by atoms with Crippen molar-refractivity contribution >= 4 is 23.1 Å². The van der Waals surface area contributed by atoms with Crippen molar-refractivity contribution in [2.75, 3.05) is 32.1 Å². The van der Waals surface area contributed by atoms with E-state index in [0.29, 0.717) is 18.8 Å². The number of para-hydroxylation sites is 1. The zero-order valence-corrected chi connectivity index (χ0v) is 16.3. The first-order valence-electron chi connectivity index (χ1n) is 9.15. The molecule has 2 N–H and O–H groups in total. The van der Waals surface area contributed by atoms with E-state index in [9.17, 15) is 4.79 Å². The minimum Gasteiger partial charge on any atom is -0.383 e. The van der Waals surface area contributed by atoms with Crippen molar-refractivity contribution in [3.63, 3.8) is 0 Å². The highest BCUT2D eigenvalue weighted by atomic mass is 16.2. The summed E-state index contributed by atoms with van der Waals surface area (Å²) in [7, 11) is 4.03. The van der Waals surface area contributed by atoms with Crippen LogP contribution in [0.3, 0.4) is 0 Å². The van der Waals surface area contributed by atoms with Gasteiger partial charge in [0.1, 0.15) is 5.84 Å². The minimum atomic E-state index is 0.160. The Morgan fingerprint density at radius 1 is 1.35 bits per heavy atom. The van der Waals surface area contributed by atoms with Crippen LogP contribution in [0.5, 0.6) is 0 Å². The third kappa shape index (κ3) is 5.05. The number of nitrogens with two attached hydrogens (primary N) is 1. The molecular formula is C21H30N4O. The summed E-state index contributed by atoms with van der Waals surface area (Å²) in [5, 5.41) is 0. The van der Waals surface area contributed by atoms with Gasteiger partial charge in [-0.15, -0.1) is 0 Å². The Kier molecular flexibility index (Phi) is 7.16. The maximum Gasteiger partial charge on any atom is 0.227 e. The maximum absolute atomic E-state index is 12.7. The second-order valence-corrected chi connectivity index (χ2v) is 6.86. The van der Waals surface area contributed by atoms with Gasteiger partial charge in [-0.1, -0.05) is 30.4 Å². The Bertz CT molecular complexity index is 732. The summed E-state index contributed by atoms with van der Waals surface area (Å²) in [4.78, 5) is 21.3. The Hall–Kier alpha value is -2.40. The predicted molar refractivity (Wildman–Crippen MR) is 110 cm³/mol. The van der Waals surface area contributed by atoms with Crippen molar-refractivity contribution in [3.05, 3.63) is 47.6 Å². The van der Waals surface area contributed by atoms with Crippen LogP contribution < -0.4 is 10.6 Å². The Labute approximate surface area is 156 Å². The number of likely N-dealkylation sites (N-methyl/N-ethyl adjacent to an activating group) is 1. The molecule has 1 aromatic carbocycles. The van der Waals surface area contributed by atoms with Gasteiger partial charge in [0.25, 0.3) is 0 Å². The van der Waals surface area contributed by atoms with E-state index in [2.05, 4.69) is 16.0 Å². The first kappa shape index (κ1) is 19.9. The molecule has 0 atom stereocenters. The van der Waals surface area contributed by atoms with E-state index in [-0.39, 0.29) is 5.91 Å². The van der Waals surface area contributed by atoms with Crippen molar-refractivity contribution < 1.29 is 4.79 Å². The van der Waals surface area contributed by atoms with Crippen LogP contribution in [-0.4, -0.2) is 43.8 Å². The van der Waals surface area contributed by atoms with Crippen LogP contribution >= 0.6 is 0 Å². The number of amides is 1. The van der Waals surface area contributed by atoms with Gasteiger partial charge in [-0.2, -0.15) is 0 Å². The molecule has 2 rings (SSSR count). The number of carbonyl (C=O) groups is 1. The van der Waals surface area contributed by atoms with Gasteiger partial charge in [0, 0.05) is 19.5 Å². The highest BCUT2D eigenvalue weighted by molar-refractivity contribution is 6.02. The number of benzene rings is 1. The lowest BCUT2D eigenvalue weighted by molar-refractivity contribution is -0.118. The molecule has 0 radical (unpaired) electrons. The van der Waals surface area contributed by atoms with Crippen molar-refractivity contribution in [1.29, 1.82) is 0 Å². The average Bonchev–Trinajstić information content (AvgIpc) is 2.76. The van der Waals surface area contributed by atoms with Crippen molar-refractivity contribution in [3.8, 4) is 0 Å². The van der Waals surface area contributed by atoms with Gasteiger partial charge in [-0.3, -0.25) is 4.79 Å². The van der Waals surface area contributed by atoms with Crippen LogP contribution in [0.4, 0.5) is 11.4 Å². The van der Waals surface area contributed by atoms with E-state index < -0.39 is 0 Å². The molecular weight excluding hydrogens is 324 g/mol. The van der Waals surface area contributed by atoms with Gasteiger partial charge in [-0.05, 0) is 58.0 Å². The molecule has 0 fully saturated rings. The highest BCUT2D eigenvalue weighted by Gasteiger charge is 2.24. The van der Waals surface area contributed by atoms with Gasteiger partial charge in [0.15, 0.2) is 0 Å². The lowest BCUT2D eigenvalue weighted by Gasteiger charge is -2.26. The normalized spacial score (nSPS) is 16.3. The zero-order chi connectivity index (χ0) is 19.1. The van der Waals surface area contributed by atoms with Crippen molar-refractivity contribution in [2.45, 2.75) is 33.1 Å². The summed E-state index contributed by atoms with van der Waals surface area (Å²) in [6.45, 7) is 5.36. The molecule has 0 saturated carbocycles. The molecule has 0 spiro atoms. The van der Waals surface area contributed by atoms with Crippen molar-refractivity contribution in [2.24, 2.45) is 10.7 Å². The lowest BCUT2D eigenvalue weighted by atomic mass is 10.1. The molecule has 0 bridgehead atoms. The summed E-state index contributed by atoms with van der Waals surface area (Å²) in [5.74, 6) is 0.633. The molecule has 140 valence electrons. The second-order valence-electron chi connectivity index (χ2n) is 6.86. The summed E-state index contributed by atoms with van der Waals surface area (Å²) in [6.07, 6.45) is 8.16. The third-order valence-corrected chi connectivity index (χ3v) is 4.46. The number of anilines is 1. The fraction of sp³-hybridized carbons (Fsp3) is 0.429. The molecule has 0 saturated heterocycles. The van der Waals surface area contributed by atoms with E-state index >= 15 is 0 Å². The fourth-order valence-corrected chi connectivity index (χ4v) is 2.95. The average molecular weight is 354 g/mol. The van der Waals surface area contributed by atoms with Crippen LogP contribution in [0, 0.1) is 0 Å². The number of amidine groups is 1.